The number of thioether (sulfide) groups is 1. The average Bonchev–Trinajstić information content (AvgIpc) is 2.37. The van der Waals surface area contributed by atoms with Crippen LogP contribution in [0.5, 0.6) is 0 Å². The molecule has 108 valence electrons. The van der Waals surface area contributed by atoms with Gasteiger partial charge in [-0.15, -0.1) is 11.6 Å². The highest BCUT2D eigenvalue weighted by Crippen LogP contribution is 2.22. The fourth-order valence-electron chi connectivity index (χ4n) is 2.11. The van der Waals surface area contributed by atoms with Gasteiger partial charge >= 0.3 is 0 Å². The van der Waals surface area contributed by atoms with Crippen LogP contribution >= 0.6 is 23.4 Å². The number of rotatable bonds is 7. The second kappa shape index (κ2) is 7.98. The van der Waals surface area contributed by atoms with Gasteiger partial charge in [0, 0.05) is 29.7 Å². The molecule has 2 unspecified atom stereocenters. The summed E-state index contributed by atoms with van der Waals surface area (Å²) < 4.78 is 24.1. The van der Waals surface area contributed by atoms with E-state index in [0.29, 0.717) is 11.8 Å². The first-order chi connectivity index (χ1) is 8.51. The monoisotopic (exact) mass is 313 g/mol. The van der Waals surface area contributed by atoms with Crippen LogP contribution in [0.3, 0.4) is 0 Å². The molecule has 1 saturated heterocycles. The quantitative estimate of drug-likeness (QED) is 0.677. The minimum Gasteiger partial charge on any atom is -0.286 e. The smallest absolute Gasteiger partial charge is 0.166 e. The van der Waals surface area contributed by atoms with Crippen molar-refractivity contribution in [2.45, 2.75) is 32.1 Å². The molecule has 2 atom stereocenters. The van der Waals surface area contributed by atoms with E-state index in [-0.39, 0.29) is 11.1 Å². The zero-order valence-corrected chi connectivity index (χ0v) is 13.7. The first-order valence-electron chi connectivity index (χ1n) is 6.60. The SMILES string of the molecule is CCS(=O)(=O)C1CSCCN1CCC(C)CCCl. The highest BCUT2D eigenvalue weighted by Gasteiger charge is 2.32. The summed E-state index contributed by atoms with van der Waals surface area (Å²) in [5.74, 6) is 3.27. The Balaban J connectivity index is 2.55. The van der Waals surface area contributed by atoms with Gasteiger partial charge in [0.1, 0.15) is 5.37 Å². The molecule has 6 heteroatoms. The fourth-order valence-corrected chi connectivity index (χ4v) is 5.59. The third-order valence-corrected chi connectivity index (χ3v) is 7.07. The Bertz CT molecular complexity index is 335. The maximum atomic E-state index is 12.1. The molecule has 1 fully saturated rings. The number of sulfone groups is 1. The van der Waals surface area contributed by atoms with E-state index in [1.807, 2.05) is 0 Å². The molecule has 0 aliphatic carbocycles. The molecule has 0 spiro atoms. The molecule has 0 aromatic rings. The third-order valence-electron chi connectivity index (χ3n) is 3.52. The normalized spacial score (nSPS) is 24.1. The van der Waals surface area contributed by atoms with Gasteiger partial charge in [-0.1, -0.05) is 13.8 Å². The standard InChI is InChI=1S/C12H24ClNO2S2/c1-3-18(15,16)12-10-17-9-8-14(12)7-5-11(2)4-6-13/h11-12H,3-10H2,1-2H3. The van der Waals surface area contributed by atoms with E-state index in [2.05, 4.69) is 11.8 Å². The number of nitrogens with zero attached hydrogens (tertiary/aromatic N) is 1. The van der Waals surface area contributed by atoms with Gasteiger partial charge in [-0.3, -0.25) is 4.90 Å². The van der Waals surface area contributed by atoms with Gasteiger partial charge in [0.25, 0.3) is 0 Å². The lowest BCUT2D eigenvalue weighted by atomic mass is 10.1. The molecular weight excluding hydrogens is 290 g/mol. The summed E-state index contributed by atoms with van der Waals surface area (Å²) in [6.07, 6.45) is 2.04. The van der Waals surface area contributed by atoms with Crippen molar-refractivity contribution < 1.29 is 8.42 Å². The molecule has 1 aliphatic heterocycles. The predicted molar refractivity (Wildman–Crippen MR) is 81.3 cm³/mol. The van der Waals surface area contributed by atoms with E-state index < -0.39 is 9.84 Å². The van der Waals surface area contributed by atoms with E-state index in [4.69, 9.17) is 11.6 Å². The van der Waals surface area contributed by atoms with Crippen LogP contribution in [0.15, 0.2) is 0 Å². The van der Waals surface area contributed by atoms with Crippen molar-refractivity contribution in [3.05, 3.63) is 0 Å². The Labute approximate surface area is 121 Å². The maximum absolute atomic E-state index is 12.1. The Kier molecular flexibility index (Phi) is 7.36. The van der Waals surface area contributed by atoms with Gasteiger partial charge < -0.3 is 0 Å². The number of halogens is 1. The van der Waals surface area contributed by atoms with Crippen LogP contribution in [0, 0.1) is 5.92 Å². The van der Waals surface area contributed by atoms with Crippen molar-refractivity contribution in [3.8, 4) is 0 Å². The predicted octanol–water partition coefficient (Wildman–Crippen LogP) is 2.45. The molecule has 0 aromatic carbocycles. The Morgan fingerprint density at radius 1 is 1.44 bits per heavy atom. The molecule has 1 heterocycles. The first kappa shape index (κ1) is 16.6. The summed E-state index contributed by atoms with van der Waals surface area (Å²) in [7, 11) is -2.95. The Morgan fingerprint density at radius 2 is 2.17 bits per heavy atom. The van der Waals surface area contributed by atoms with E-state index in [1.165, 1.54) is 0 Å². The van der Waals surface area contributed by atoms with Crippen molar-refractivity contribution in [2.24, 2.45) is 5.92 Å². The van der Waals surface area contributed by atoms with E-state index in [9.17, 15) is 8.42 Å². The molecular formula is C12H24ClNO2S2. The number of hydrogen-bond donors (Lipinski definition) is 0. The van der Waals surface area contributed by atoms with Crippen molar-refractivity contribution in [3.63, 3.8) is 0 Å². The minimum atomic E-state index is -2.95. The highest BCUT2D eigenvalue weighted by molar-refractivity contribution is 8.01. The summed E-state index contributed by atoms with van der Waals surface area (Å²) in [5.41, 5.74) is 0. The number of alkyl halides is 1. The minimum absolute atomic E-state index is 0.242. The molecule has 0 bridgehead atoms. The lowest BCUT2D eigenvalue weighted by Crippen LogP contribution is -2.48. The Morgan fingerprint density at radius 3 is 2.78 bits per heavy atom. The molecule has 1 aliphatic rings. The largest absolute Gasteiger partial charge is 0.286 e. The summed E-state index contributed by atoms with van der Waals surface area (Å²) >= 11 is 7.48. The molecule has 0 amide bonds. The number of hydrogen-bond acceptors (Lipinski definition) is 4. The zero-order valence-electron chi connectivity index (χ0n) is 11.3. The lowest BCUT2D eigenvalue weighted by molar-refractivity contribution is 0.250. The van der Waals surface area contributed by atoms with Crippen molar-refractivity contribution >= 4 is 33.2 Å². The van der Waals surface area contributed by atoms with Crippen LogP contribution in [0.1, 0.15) is 26.7 Å². The third kappa shape index (κ3) is 4.91. The second-order valence-electron chi connectivity index (χ2n) is 4.89. The van der Waals surface area contributed by atoms with E-state index >= 15 is 0 Å². The summed E-state index contributed by atoms with van der Waals surface area (Å²) in [5, 5.41) is -0.274. The van der Waals surface area contributed by atoms with Crippen LogP contribution in [-0.4, -0.2) is 54.9 Å². The van der Waals surface area contributed by atoms with Gasteiger partial charge in [0.15, 0.2) is 9.84 Å². The van der Waals surface area contributed by atoms with Crippen molar-refractivity contribution in [2.75, 3.05) is 36.2 Å². The zero-order chi connectivity index (χ0) is 13.6. The van der Waals surface area contributed by atoms with Gasteiger partial charge in [0.05, 0.1) is 0 Å². The Hall–Kier alpha value is 0.550. The average molecular weight is 314 g/mol. The van der Waals surface area contributed by atoms with Gasteiger partial charge in [-0.05, 0) is 25.3 Å². The highest BCUT2D eigenvalue weighted by atomic mass is 35.5. The summed E-state index contributed by atoms with van der Waals surface area (Å²) in [6.45, 7) is 5.69. The molecule has 0 saturated carbocycles. The van der Waals surface area contributed by atoms with E-state index in [1.54, 1.807) is 18.7 Å². The van der Waals surface area contributed by atoms with Gasteiger partial charge in [-0.2, -0.15) is 11.8 Å². The van der Waals surface area contributed by atoms with Crippen LogP contribution in [0.2, 0.25) is 0 Å². The molecule has 0 aromatic heterocycles. The fraction of sp³-hybridized carbons (Fsp3) is 1.00. The topological polar surface area (TPSA) is 37.4 Å². The summed E-state index contributed by atoms with van der Waals surface area (Å²) in [6, 6.07) is 0. The van der Waals surface area contributed by atoms with Gasteiger partial charge in [-0.25, -0.2) is 8.42 Å². The summed E-state index contributed by atoms with van der Waals surface area (Å²) in [4.78, 5) is 2.15. The van der Waals surface area contributed by atoms with Gasteiger partial charge in [0.2, 0.25) is 0 Å². The second-order valence-corrected chi connectivity index (χ2v) is 8.86. The van der Waals surface area contributed by atoms with Crippen LogP contribution in [-0.2, 0) is 9.84 Å². The van der Waals surface area contributed by atoms with E-state index in [0.717, 1.165) is 37.4 Å². The molecule has 1 rings (SSSR count). The van der Waals surface area contributed by atoms with Crippen LogP contribution in [0.4, 0.5) is 0 Å². The molecule has 0 N–H and O–H groups in total. The van der Waals surface area contributed by atoms with Crippen molar-refractivity contribution in [1.82, 2.24) is 4.90 Å². The molecule has 18 heavy (non-hydrogen) atoms. The van der Waals surface area contributed by atoms with Crippen LogP contribution < -0.4 is 0 Å². The molecule has 0 radical (unpaired) electrons. The first-order valence-corrected chi connectivity index (χ1v) is 10.0. The van der Waals surface area contributed by atoms with Crippen LogP contribution in [0.25, 0.3) is 0 Å². The van der Waals surface area contributed by atoms with Crippen molar-refractivity contribution in [1.29, 1.82) is 0 Å². The lowest BCUT2D eigenvalue weighted by Gasteiger charge is -2.35. The molecule has 3 nitrogen and oxygen atoms in total. The maximum Gasteiger partial charge on any atom is 0.166 e.